The van der Waals surface area contributed by atoms with Crippen LogP contribution in [0.1, 0.15) is 46.9 Å². The predicted molar refractivity (Wildman–Crippen MR) is 150 cm³/mol. The molecule has 4 rings (SSSR count). The van der Waals surface area contributed by atoms with E-state index < -0.39 is 0 Å². The van der Waals surface area contributed by atoms with E-state index in [0.29, 0.717) is 18.0 Å². The number of thioether (sulfide) groups is 1. The molecule has 0 saturated carbocycles. The molecule has 1 N–H and O–H groups in total. The summed E-state index contributed by atoms with van der Waals surface area (Å²) in [5, 5.41) is 3.79. The zero-order chi connectivity index (χ0) is 26.0. The van der Waals surface area contributed by atoms with Gasteiger partial charge >= 0.3 is 0 Å². The monoisotopic (exact) mass is 519 g/mol. The fraction of sp³-hybridized carbons (Fsp3) is 0.414. The second-order valence-electron chi connectivity index (χ2n) is 9.63. The molecule has 1 aromatic heterocycles. The van der Waals surface area contributed by atoms with Crippen molar-refractivity contribution in [1.82, 2.24) is 20.2 Å². The van der Waals surface area contributed by atoms with Crippen LogP contribution in [0, 0.1) is 0 Å². The van der Waals surface area contributed by atoms with Crippen LogP contribution in [0.4, 0.5) is 5.82 Å². The first-order valence-corrected chi connectivity index (χ1v) is 13.9. The van der Waals surface area contributed by atoms with Gasteiger partial charge in [0.2, 0.25) is 0 Å². The Morgan fingerprint density at radius 1 is 1.05 bits per heavy atom. The minimum atomic E-state index is -0.0356. The Kier molecular flexibility index (Phi) is 9.93. The van der Waals surface area contributed by atoms with Crippen LogP contribution in [-0.4, -0.2) is 67.2 Å². The molecule has 1 amide bonds. The Bertz CT molecular complexity index is 1130. The smallest absolute Gasteiger partial charge is 0.251 e. The van der Waals surface area contributed by atoms with Gasteiger partial charge in [-0.25, -0.2) is 9.97 Å². The van der Waals surface area contributed by atoms with Crippen molar-refractivity contribution < 1.29 is 9.53 Å². The van der Waals surface area contributed by atoms with Gasteiger partial charge in [0, 0.05) is 62.8 Å². The Morgan fingerprint density at radius 3 is 2.49 bits per heavy atom. The van der Waals surface area contributed by atoms with Crippen molar-refractivity contribution in [3.05, 3.63) is 83.0 Å². The number of morpholine rings is 1. The number of carbonyl (C=O) groups excluding carboxylic acids is 1. The number of carbonyl (C=O) groups is 1. The molecule has 0 unspecified atom stereocenters. The number of hydrogen-bond acceptors (Lipinski definition) is 7. The quantitative estimate of drug-likeness (QED) is 0.293. The van der Waals surface area contributed by atoms with Crippen LogP contribution in [0.25, 0.3) is 0 Å². The average Bonchev–Trinajstić information content (AvgIpc) is 2.93. The SMILES string of the molecule is CC(C)c1cc(N(C)Cc2ccccc2)nc(SCc2ccc(C(=O)NCCN3CCOCC3)cc2)n1. The van der Waals surface area contributed by atoms with Gasteiger partial charge in [0.1, 0.15) is 5.82 Å². The van der Waals surface area contributed by atoms with Crippen molar-refractivity contribution in [3.8, 4) is 0 Å². The standard InChI is InChI=1S/C29H37N5O2S/c1-22(2)26-19-27(33(3)20-23-7-5-4-6-8-23)32-29(31-26)37-21-24-9-11-25(12-10-24)28(35)30-13-14-34-15-17-36-18-16-34/h4-12,19,22H,13-18,20-21H2,1-3H3,(H,30,35). The molecule has 196 valence electrons. The largest absolute Gasteiger partial charge is 0.379 e. The summed E-state index contributed by atoms with van der Waals surface area (Å²) in [6, 6.07) is 20.3. The van der Waals surface area contributed by atoms with Gasteiger partial charge in [0.05, 0.1) is 13.2 Å². The van der Waals surface area contributed by atoms with Crippen molar-refractivity contribution >= 4 is 23.5 Å². The fourth-order valence-electron chi connectivity index (χ4n) is 4.08. The topological polar surface area (TPSA) is 70.6 Å². The van der Waals surface area contributed by atoms with Crippen molar-refractivity contribution in [1.29, 1.82) is 0 Å². The lowest BCUT2D eigenvalue weighted by atomic mass is 10.1. The molecule has 1 aliphatic heterocycles. The number of aromatic nitrogens is 2. The summed E-state index contributed by atoms with van der Waals surface area (Å²) in [4.78, 5) is 26.7. The minimum Gasteiger partial charge on any atom is -0.379 e. The highest BCUT2D eigenvalue weighted by Crippen LogP contribution is 2.26. The summed E-state index contributed by atoms with van der Waals surface area (Å²) in [6.45, 7) is 9.98. The number of rotatable bonds is 11. The number of benzene rings is 2. The molecule has 2 aromatic carbocycles. The molecular weight excluding hydrogens is 482 g/mol. The first-order valence-electron chi connectivity index (χ1n) is 12.9. The molecular formula is C29H37N5O2S. The Labute approximate surface area is 224 Å². The Balaban J connectivity index is 1.33. The van der Waals surface area contributed by atoms with E-state index in [9.17, 15) is 4.79 Å². The molecule has 37 heavy (non-hydrogen) atoms. The zero-order valence-corrected chi connectivity index (χ0v) is 22.8. The second kappa shape index (κ2) is 13.6. The molecule has 1 saturated heterocycles. The number of ether oxygens (including phenoxy) is 1. The van der Waals surface area contributed by atoms with Crippen LogP contribution in [0.3, 0.4) is 0 Å². The third-order valence-corrected chi connectivity index (χ3v) is 7.28. The van der Waals surface area contributed by atoms with Crippen LogP contribution < -0.4 is 10.2 Å². The molecule has 7 nitrogen and oxygen atoms in total. The molecule has 8 heteroatoms. The van der Waals surface area contributed by atoms with Crippen molar-refractivity contribution in [2.75, 3.05) is 51.3 Å². The highest BCUT2D eigenvalue weighted by atomic mass is 32.2. The molecule has 0 spiro atoms. The summed E-state index contributed by atoms with van der Waals surface area (Å²) >= 11 is 1.62. The van der Waals surface area contributed by atoms with E-state index >= 15 is 0 Å². The van der Waals surface area contributed by atoms with E-state index in [0.717, 1.165) is 67.4 Å². The first kappa shape index (κ1) is 27.1. The van der Waals surface area contributed by atoms with Gasteiger partial charge in [0.25, 0.3) is 5.91 Å². The van der Waals surface area contributed by atoms with Gasteiger partial charge in [0.15, 0.2) is 5.16 Å². The summed E-state index contributed by atoms with van der Waals surface area (Å²) in [5.74, 6) is 1.94. The van der Waals surface area contributed by atoms with E-state index in [1.54, 1.807) is 11.8 Å². The van der Waals surface area contributed by atoms with Gasteiger partial charge in [-0.3, -0.25) is 9.69 Å². The van der Waals surface area contributed by atoms with Gasteiger partial charge in [-0.1, -0.05) is 68.1 Å². The maximum atomic E-state index is 12.5. The van der Waals surface area contributed by atoms with Crippen LogP contribution in [0.5, 0.6) is 0 Å². The van der Waals surface area contributed by atoms with Crippen LogP contribution in [0.2, 0.25) is 0 Å². The molecule has 1 fully saturated rings. The van der Waals surface area contributed by atoms with E-state index in [-0.39, 0.29) is 5.91 Å². The highest BCUT2D eigenvalue weighted by molar-refractivity contribution is 7.98. The van der Waals surface area contributed by atoms with Gasteiger partial charge in [-0.05, 0) is 29.2 Å². The van der Waals surface area contributed by atoms with Gasteiger partial charge < -0.3 is 15.0 Å². The van der Waals surface area contributed by atoms with E-state index in [1.807, 2.05) is 30.3 Å². The second-order valence-corrected chi connectivity index (χ2v) is 10.6. The summed E-state index contributed by atoms with van der Waals surface area (Å²) in [5.41, 5.74) is 4.09. The van der Waals surface area contributed by atoms with Crippen LogP contribution >= 0.6 is 11.8 Å². The minimum absolute atomic E-state index is 0.0356. The van der Waals surface area contributed by atoms with Crippen LogP contribution in [-0.2, 0) is 17.0 Å². The fourth-order valence-corrected chi connectivity index (χ4v) is 4.90. The lowest BCUT2D eigenvalue weighted by molar-refractivity contribution is 0.0383. The molecule has 3 aromatic rings. The molecule has 1 aliphatic rings. The number of anilines is 1. The van der Waals surface area contributed by atoms with Crippen molar-refractivity contribution in [2.45, 2.75) is 37.2 Å². The normalized spacial score (nSPS) is 14.1. The van der Waals surface area contributed by atoms with Gasteiger partial charge in [-0.2, -0.15) is 0 Å². The van der Waals surface area contributed by atoms with E-state index in [4.69, 9.17) is 14.7 Å². The third kappa shape index (κ3) is 8.28. The lowest BCUT2D eigenvalue weighted by Gasteiger charge is -2.26. The average molecular weight is 520 g/mol. The predicted octanol–water partition coefficient (Wildman–Crippen LogP) is 4.59. The van der Waals surface area contributed by atoms with E-state index in [2.05, 4.69) is 66.3 Å². The number of nitrogens with one attached hydrogen (secondary N) is 1. The maximum absolute atomic E-state index is 12.5. The number of hydrogen-bond donors (Lipinski definition) is 1. The zero-order valence-electron chi connectivity index (χ0n) is 22.0. The Morgan fingerprint density at radius 2 is 1.78 bits per heavy atom. The lowest BCUT2D eigenvalue weighted by Crippen LogP contribution is -2.41. The van der Waals surface area contributed by atoms with Crippen molar-refractivity contribution in [2.24, 2.45) is 0 Å². The third-order valence-electron chi connectivity index (χ3n) is 6.36. The van der Waals surface area contributed by atoms with Crippen LogP contribution in [0.15, 0.2) is 65.8 Å². The first-order chi connectivity index (χ1) is 18.0. The Hall–Kier alpha value is -2.94. The highest BCUT2D eigenvalue weighted by Gasteiger charge is 2.13. The summed E-state index contributed by atoms with van der Waals surface area (Å²) in [7, 11) is 2.07. The van der Waals surface area contributed by atoms with Crippen molar-refractivity contribution in [3.63, 3.8) is 0 Å². The molecule has 2 heterocycles. The van der Waals surface area contributed by atoms with Gasteiger partial charge in [-0.15, -0.1) is 0 Å². The molecule has 0 bridgehead atoms. The van der Waals surface area contributed by atoms with E-state index in [1.165, 1.54) is 5.56 Å². The number of nitrogens with zero attached hydrogens (tertiary/aromatic N) is 4. The molecule has 0 aliphatic carbocycles. The maximum Gasteiger partial charge on any atom is 0.251 e. The summed E-state index contributed by atoms with van der Waals surface area (Å²) in [6.07, 6.45) is 0. The molecule has 0 radical (unpaired) electrons. The molecule has 0 atom stereocenters. The summed E-state index contributed by atoms with van der Waals surface area (Å²) < 4.78 is 5.37. The number of amides is 1.